The maximum atomic E-state index is 13.6. The number of hydrogen-bond donors (Lipinski definition) is 1. The highest BCUT2D eigenvalue weighted by molar-refractivity contribution is 9.10. The van der Waals surface area contributed by atoms with Crippen molar-refractivity contribution in [2.75, 3.05) is 6.61 Å². The minimum Gasteiger partial charge on any atom is -0.396 e. The van der Waals surface area contributed by atoms with Crippen LogP contribution in [-0.2, 0) is 6.42 Å². The van der Waals surface area contributed by atoms with Crippen LogP contribution in [0.25, 0.3) is 5.69 Å². The topological polar surface area (TPSA) is 50.9 Å². The molecule has 0 saturated heterocycles. The molecular formula is C11H10BrF2N3O. The summed E-state index contributed by atoms with van der Waals surface area (Å²) in [5.74, 6) is -1.38. The van der Waals surface area contributed by atoms with E-state index in [9.17, 15) is 8.78 Å². The van der Waals surface area contributed by atoms with Crippen molar-refractivity contribution >= 4 is 15.9 Å². The summed E-state index contributed by atoms with van der Waals surface area (Å²) in [6.07, 6.45) is 2.67. The van der Waals surface area contributed by atoms with E-state index in [4.69, 9.17) is 5.11 Å². The molecule has 0 aliphatic carbocycles. The lowest BCUT2D eigenvalue weighted by atomic mass is 10.2. The summed E-state index contributed by atoms with van der Waals surface area (Å²) in [7, 11) is 0. The molecule has 0 unspecified atom stereocenters. The van der Waals surface area contributed by atoms with Crippen LogP contribution in [0.4, 0.5) is 8.78 Å². The molecule has 2 rings (SSSR count). The van der Waals surface area contributed by atoms with Gasteiger partial charge in [0, 0.05) is 12.7 Å². The quantitative estimate of drug-likeness (QED) is 0.880. The van der Waals surface area contributed by atoms with Gasteiger partial charge in [0.25, 0.3) is 0 Å². The molecule has 0 fully saturated rings. The minimum absolute atomic E-state index is 0.0588. The molecule has 0 aliphatic heterocycles. The number of aromatic nitrogens is 3. The Labute approximate surface area is 110 Å². The number of nitrogens with zero attached hydrogens (tertiary/aromatic N) is 3. The molecule has 1 heterocycles. The van der Waals surface area contributed by atoms with Crippen molar-refractivity contribution in [1.29, 1.82) is 0 Å². The highest BCUT2D eigenvalue weighted by Crippen LogP contribution is 2.22. The fourth-order valence-electron chi connectivity index (χ4n) is 1.48. The van der Waals surface area contributed by atoms with Crippen molar-refractivity contribution in [3.63, 3.8) is 0 Å². The van der Waals surface area contributed by atoms with Crippen LogP contribution in [0.2, 0.25) is 0 Å². The summed E-state index contributed by atoms with van der Waals surface area (Å²) >= 11 is 2.99. The zero-order valence-corrected chi connectivity index (χ0v) is 10.9. The second-order valence-electron chi connectivity index (χ2n) is 3.70. The van der Waals surface area contributed by atoms with Crippen LogP contribution in [0, 0.1) is 11.6 Å². The molecule has 0 spiro atoms. The molecule has 0 radical (unpaired) electrons. The van der Waals surface area contributed by atoms with Crippen molar-refractivity contribution in [3.05, 3.63) is 40.1 Å². The van der Waals surface area contributed by atoms with Crippen LogP contribution >= 0.6 is 15.9 Å². The van der Waals surface area contributed by atoms with Gasteiger partial charge in [-0.1, -0.05) is 5.21 Å². The Balaban J connectivity index is 2.31. The Morgan fingerprint density at radius 3 is 2.78 bits per heavy atom. The molecule has 1 aromatic heterocycles. The summed E-state index contributed by atoms with van der Waals surface area (Å²) < 4.78 is 28.1. The van der Waals surface area contributed by atoms with E-state index in [1.807, 2.05) is 0 Å². The summed E-state index contributed by atoms with van der Waals surface area (Å²) in [6, 6.07) is 2.09. The second kappa shape index (κ2) is 5.53. The molecule has 18 heavy (non-hydrogen) atoms. The average molecular weight is 318 g/mol. The summed E-state index contributed by atoms with van der Waals surface area (Å²) in [5.41, 5.74) is 0.759. The number of aliphatic hydroxyl groups is 1. The number of rotatable bonds is 4. The van der Waals surface area contributed by atoms with Crippen LogP contribution < -0.4 is 0 Å². The molecule has 1 aromatic carbocycles. The highest BCUT2D eigenvalue weighted by Gasteiger charge is 2.11. The highest BCUT2D eigenvalue weighted by atomic mass is 79.9. The van der Waals surface area contributed by atoms with Gasteiger partial charge < -0.3 is 5.11 Å². The predicted molar refractivity (Wildman–Crippen MR) is 64.4 cm³/mol. The summed E-state index contributed by atoms with van der Waals surface area (Å²) in [4.78, 5) is 0. The lowest BCUT2D eigenvalue weighted by Crippen LogP contribution is -2.00. The van der Waals surface area contributed by atoms with Gasteiger partial charge in [-0.15, -0.1) is 5.10 Å². The average Bonchev–Trinajstić information content (AvgIpc) is 2.79. The van der Waals surface area contributed by atoms with Gasteiger partial charge in [0.2, 0.25) is 0 Å². The first-order valence-electron chi connectivity index (χ1n) is 5.29. The zero-order valence-electron chi connectivity index (χ0n) is 9.28. The molecule has 0 atom stereocenters. The van der Waals surface area contributed by atoms with Gasteiger partial charge in [-0.2, -0.15) is 0 Å². The fourth-order valence-corrected chi connectivity index (χ4v) is 1.81. The molecule has 7 heteroatoms. The third-order valence-corrected chi connectivity index (χ3v) is 2.98. The molecule has 0 bridgehead atoms. The number of benzene rings is 1. The summed E-state index contributed by atoms with van der Waals surface area (Å²) in [6.45, 7) is 0.0588. The number of halogens is 3. The van der Waals surface area contributed by atoms with Crippen LogP contribution in [0.3, 0.4) is 0 Å². The number of hydrogen-bond acceptors (Lipinski definition) is 3. The predicted octanol–water partition coefficient (Wildman–Crippen LogP) is 2.23. The molecular weight excluding hydrogens is 308 g/mol. The third-order valence-electron chi connectivity index (χ3n) is 2.37. The van der Waals surface area contributed by atoms with E-state index in [0.29, 0.717) is 18.5 Å². The largest absolute Gasteiger partial charge is 0.396 e. The van der Waals surface area contributed by atoms with Crippen molar-refractivity contribution < 1.29 is 13.9 Å². The number of aryl methyl sites for hydroxylation is 1. The minimum atomic E-state index is -0.714. The van der Waals surface area contributed by atoms with Gasteiger partial charge in [0.05, 0.1) is 16.4 Å². The van der Waals surface area contributed by atoms with E-state index in [2.05, 4.69) is 26.2 Å². The van der Waals surface area contributed by atoms with Gasteiger partial charge in [0.1, 0.15) is 11.5 Å². The van der Waals surface area contributed by atoms with E-state index in [1.165, 1.54) is 10.7 Å². The Hall–Kier alpha value is -1.34. The smallest absolute Gasteiger partial charge is 0.151 e. The van der Waals surface area contributed by atoms with E-state index < -0.39 is 11.6 Å². The van der Waals surface area contributed by atoms with Crippen LogP contribution in [0.15, 0.2) is 22.8 Å². The molecule has 4 nitrogen and oxygen atoms in total. The fraction of sp³-hybridized carbons (Fsp3) is 0.273. The van der Waals surface area contributed by atoms with E-state index in [0.717, 1.165) is 6.07 Å². The Bertz CT molecular complexity index is 559. The molecule has 2 aromatic rings. The monoisotopic (exact) mass is 317 g/mol. The van der Waals surface area contributed by atoms with E-state index in [1.54, 1.807) is 6.20 Å². The van der Waals surface area contributed by atoms with Gasteiger partial charge in [0.15, 0.2) is 5.82 Å². The van der Waals surface area contributed by atoms with Crippen LogP contribution in [-0.4, -0.2) is 26.7 Å². The maximum absolute atomic E-state index is 13.6. The third kappa shape index (κ3) is 2.73. The van der Waals surface area contributed by atoms with Crippen LogP contribution in [0.5, 0.6) is 0 Å². The van der Waals surface area contributed by atoms with E-state index in [-0.39, 0.29) is 16.8 Å². The van der Waals surface area contributed by atoms with Crippen molar-refractivity contribution in [3.8, 4) is 5.69 Å². The van der Waals surface area contributed by atoms with Gasteiger partial charge >= 0.3 is 0 Å². The first kappa shape index (κ1) is 13.1. The first-order valence-corrected chi connectivity index (χ1v) is 6.08. The van der Waals surface area contributed by atoms with Gasteiger partial charge in [-0.3, -0.25) is 0 Å². The molecule has 0 amide bonds. The van der Waals surface area contributed by atoms with Gasteiger partial charge in [-0.05, 0) is 34.8 Å². The molecule has 0 aliphatic rings. The van der Waals surface area contributed by atoms with E-state index >= 15 is 0 Å². The van der Waals surface area contributed by atoms with Crippen molar-refractivity contribution in [2.45, 2.75) is 12.8 Å². The lowest BCUT2D eigenvalue weighted by molar-refractivity contribution is 0.288. The molecule has 96 valence electrons. The zero-order chi connectivity index (χ0) is 13.1. The lowest BCUT2D eigenvalue weighted by Gasteiger charge is -2.03. The maximum Gasteiger partial charge on any atom is 0.151 e. The normalized spacial score (nSPS) is 10.9. The number of aliphatic hydroxyl groups excluding tert-OH is 1. The SMILES string of the molecule is OCCCc1cn(-c2cc(Br)c(F)cc2F)nn1. The summed E-state index contributed by atoms with van der Waals surface area (Å²) in [5, 5.41) is 16.3. The van der Waals surface area contributed by atoms with Gasteiger partial charge in [-0.25, -0.2) is 13.5 Å². The second-order valence-corrected chi connectivity index (χ2v) is 4.55. The standard InChI is InChI=1S/C11H10BrF2N3O/c12-8-4-11(10(14)5-9(8)13)17-6-7(15-16-17)2-1-3-18/h4-6,18H,1-3H2. The van der Waals surface area contributed by atoms with Crippen LogP contribution in [0.1, 0.15) is 12.1 Å². The molecule has 1 N–H and O–H groups in total. The Morgan fingerprint density at radius 1 is 1.28 bits per heavy atom. The molecule has 0 saturated carbocycles. The first-order chi connectivity index (χ1) is 8.61. The Kier molecular flexibility index (Phi) is 4.03. The van der Waals surface area contributed by atoms with Crippen molar-refractivity contribution in [2.24, 2.45) is 0 Å². The van der Waals surface area contributed by atoms with Crippen molar-refractivity contribution in [1.82, 2.24) is 15.0 Å². The Morgan fingerprint density at radius 2 is 2.06 bits per heavy atom.